The molecule has 53 heavy (non-hydrogen) atoms. The molecule has 0 radical (unpaired) electrons. The van der Waals surface area contributed by atoms with Crippen molar-refractivity contribution in [3.05, 3.63) is 108 Å². The number of ether oxygens (including phenoxy) is 2. The Labute approximate surface area is 314 Å². The van der Waals surface area contributed by atoms with E-state index in [2.05, 4.69) is 53.5 Å². The number of hydrogen-bond acceptors (Lipinski definition) is 11. The van der Waals surface area contributed by atoms with Crippen LogP contribution in [0.25, 0.3) is 22.3 Å². The Balaban J connectivity index is 1.19. The molecule has 2 N–H and O–H groups in total. The number of benzene rings is 4. The summed E-state index contributed by atoms with van der Waals surface area (Å²) in [6.07, 6.45) is 0.863. The van der Waals surface area contributed by atoms with Gasteiger partial charge in [-0.15, -0.1) is 0 Å². The molecule has 0 saturated carbocycles. The number of nitrogens with one attached hydrogen (secondary N) is 2. The van der Waals surface area contributed by atoms with Gasteiger partial charge in [-0.1, -0.05) is 54.6 Å². The number of nitriles is 1. The van der Waals surface area contributed by atoms with Crippen molar-refractivity contribution in [1.82, 2.24) is 24.5 Å². The summed E-state index contributed by atoms with van der Waals surface area (Å²) in [5, 5.41) is 13.0. The molecule has 0 bridgehead atoms. The Morgan fingerprint density at radius 1 is 0.887 bits per heavy atom. The van der Waals surface area contributed by atoms with Gasteiger partial charge in [-0.25, -0.2) is 18.2 Å². The van der Waals surface area contributed by atoms with Crippen molar-refractivity contribution >= 4 is 32.8 Å². The van der Waals surface area contributed by atoms with Gasteiger partial charge in [0.1, 0.15) is 29.5 Å². The summed E-state index contributed by atoms with van der Waals surface area (Å²) >= 11 is 0.913. The quantitative estimate of drug-likeness (QED) is 0.137. The Kier molecular flexibility index (Phi) is 11.7. The SMILES string of the molecule is CC(C)(C)OC(=O)NCCN1CCN(Cc2cccc(-c3cc(-c4ccccc4)ccc3Oc3ccc(S(=O)(=O)Nc4ncns4)cc3C#N)c2)CC1. The highest BCUT2D eigenvalue weighted by Crippen LogP contribution is 2.38. The third-order valence-electron chi connectivity index (χ3n) is 8.48. The lowest BCUT2D eigenvalue weighted by Crippen LogP contribution is -2.48. The number of hydrogen-bond donors (Lipinski definition) is 2. The Morgan fingerprint density at radius 2 is 1.62 bits per heavy atom. The van der Waals surface area contributed by atoms with Crippen molar-refractivity contribution in [3.8, 4) is 39.8 Å². The fourth-order valence-corrected chi connectivity index (χ4v) is 7.60. The highest BCUT2D eigenvalue weighted by Gasteiger charge is 2.21. The normalized spacial score (nSPS) is 13.9. The molecule has 0 aliphatic carbocycles. The van der Waals surface area contributed by atoms with Crippen molar-refractivity contribution in [2.24, 2.45) is 0 Å². The summed E-state index contributed by atoms with van der Waals surface area (Å²) in [6, 6.07) is 30.6. The topological polar surface area (TPSA) is 150 Å². The molecule has 6 rings (SSSR count). The molecule has 1 fully saturated rings. The lowest BCUT2D eigenvalue weighted by Gasteiger charge is -2.34. The minimum absolute atomic E-state index is 0.0664. The third-order valence-corrected chi connectivity index (χ3v) is 10.5. The van der Waals surface area contributed by atoms with E-state index in [0.29, 0.717) is 12.3 Å². The summed E-state index contributed by atoms with van der Waals surface area (Å²) < 4.78 is 44.0. The molecule has 0 atom stereocenters. The number of amides is 1. The fourth-order valence-electron chi connectivity index (χ4n) is 5.91. The summed E-state index contributed by atoms with van der Waals surface area (Å²) in [4.78, 5) is 20.6. The van der Waals surface area contributed by atoms with Crippen LogP contribution in [0.15, 0.2) is 102 Å². The van der Waals surface area contributed by atoms with Crippen LogP contribution in [-0.4, -0.2) is 78.5 Å². The Hall–Kier alpha value is -5.33. The van der Waals surface area contributed by atoms with Gasteiger partial charge in [0, 0.05) is 62.9 Å². The molecule has 274 valence electrons. The van der Waals surface area contributed by atoms with Gasteiger partial charge in [-0.3, -0.25) is 14.5 Å². The van der Waals surface area contributed by atoms with Crippen LogP contribution in [0, 0.1) is 11.3 Å². The number of alkyl carbamates (subject to hydrolysis) is 1. The van der Waals surface area contributed by atoms with E-state index < -0.39 is 21.7 Å². The van der Waals surface area contributed by atoms with Gasteiger partial charge in [0.2, 0.25) is 5.13 Å². The molecule has 1 aromatic heterocycles. The molecule has 12 nitrogen and oxygen atoms in total. The Bertz CT molecular complexity index is 2180. The second-order valence-corrected chi connectivity index (χ2v) is 16.0. The molecule has 14 heteroatoms. The van der Waals surface area contributed by atoms with Gasteiger partial charge < -0.3 is 14.8 Å². The number of piperazine rings is 1. The van der Waals surface area contributed by atoms with Crippen LogP contribution in [0.1, 0.15) is 31.9 Å². The van der Waals surface area contributed by atoms with Crippen LogP contribution in [0.5, 0.6) is 11.5 Å². The van der Waals surface area contributed by atoms with E-state index in [1.807, 2.05) is 75.4 Å². The van der Waals surface area contributed by atoms with Gasteiger partial charge in [-0.05, 0) is 79.4 Å². The van der Waals surface area contributed by atoms with Crippen LogP contribution < -0.4 is 14.8 Å². The summed E-state index contributed by atoms with van der Waals surface area (Å²) in [6.45, 7) is 11.2. The largest absolute Gasteiger partial charge is 0.455 e. The van der Waals surface area contributed by atoms with Crippen molar-refractivity contribution in [3.63, 3.8) is 0 Å². The van der Waals surface area contributed by atoms with Crippen molar-refractivity contribution in [1.29, 1.82) is 5.26 Å². The standard InChI is InChI=1S/C39H41N7O5S2/c1-39(2,3)51-38(47)41-16-17-45-18-20-46(21-19-45)26-28-8-7-11-31(22-28)34-24-30(29-9-5-4-6-10-29)12-14-36(34)50-35-15-13-33(23-32(35)25-40)53(48,49)44-37-42-27-43-52-37/h4-15,22-24,27H,16-21,26H2,1-3H3,(H,41,47)(H,42,43,44). The first-order chi connectivity index (χ1) is 25.5. The zero-order chi connectivity index (χ0) is 37.4. The van der Waals surface area contributed by atoms with Gasteiger partial charge in [0.25, 0.3) is 10.0 Å². The lowest BCUT2D eigenvalue weighted by atomic mass is 9.97. The van der Waals surface area contributed by atoms with Gasteiger partial charge in [0.05, 0.1) is 10.5 Å². The second-order valence-electron chi connectivity index (χ2n) is 13.5. The summed E-state index contributed by atoms with van der Waals surface area (Å²) in [5.74, 6) is 0.751. The predicted molar refractivity (Wildman–Crippen MR) is 205 cm³/mol. The zero-order valence-corrected chi connectivity index (χ0v) is 31.4. The maximum atomic E-state index is 13.0. The molecule has 1 aliphatic heterocycles. The predicted octanol–water partition coefficient (Wildman–Crippen LogP) is 6.98. The van der Waals surface area contributed by atoms with Crippen LogP contribution >= 0.6 is 11.5 Å². The third kappa shape index (κ3) is 10.2. The van der Waals surface area contributed by atoms with Gasteiger partial charge >= 0.3 is 6.09 Å². The van der Waals surface area contributed by atoms with Crippen LogP contribution in [-0.2, 0) is 21.3 Å². The van der Waals surface area contributed by atoms with E-state index in [1.165, 1.54) is 24.5 Å². The molecule has 5 aromatic rings. The molecular weight excluding hydrogens is 711 g/mol. The van der Waals surface area contributed by atoms with E-state index in [9.17, 15) is 18.5 Å². The minimum atomic E-state index is -4.00. The van der Waals surface area contributed by atoms with E-state index in [-0.39, 0.29) is 21.3 Å². The van der Waals surface area contributed by atoms with E-state index in [4.69, 9.17) is 9.47 Å². The minimum Gasteiger partial charge on any atom is -0.455 e. The highest BCUT2D eigenvalue weighted by atomic mass is 32.2. The lowest BCUT2D eigenvalue weighted by molar-refractivity contribution is 0.0515. The second kappa shape index (κ2) is 16.6. The van der Waals surface area contributed by atoms with Crippen molar-refractivity contribution < 1.29 is 22.7 Å². The number of aromatic nitrogens is 2. The number of carbonyl (C=O) groups excluding carboxylic acids is 1. The monoisotopic (exact) mass is 751 g/mol. The molecule has 1 saturated heterocycles. The molecule has 0 unspecified atom stereocenters. The number of nitrogens with zero attached hydrogens (tertiary/aromatic N) is 5. The molecule has 4 aromatic carbocycles. The molecule has 2 heterocycles. The number of sulfonamides is 1. The van der Waals surface area contributed by atoms with E-state index in [1.54, 1.807) is 0 Å². The van der Waals surface area contributed by atoms with Gasteiger partial charge in [0.15, 0.2) is 0 Å². The molecule has 1 amide bonds. The highest BCUT2D eigenvalue weighted by molar-refractivity contribution is 7.93. The summed E-state index contributed by atoms with van der Waals surface area (Å²) in [5.41, 5.74) is 4.51. The zero-order valence-electron chi connectivity index (χ0n) is 29.8. The first kappa shape index (κ1) is 37.4. The number of anilines is 1. The van der Waals surface area contributed by atoms with E-state index >= 15 is 0 Å². The molecular formula is C39H41N7O5S2. The summed E-state index contributed by atoms with van der Waals surface area (Å²) in [7, 11) is -4.00. The van der Waals surface area contributed by atoms with E-state index in [0.717, 1.165) is 78.6 Å². The smallest absolute Gasteiger partial charge is 0.407 e. The molecule has 1 aliphatic rings. The van der Waals surface area contributed by atoms with Crippen LogP contribution in [0.4, 0.5) is 9.93 Å². The van der Waals surface area contributed by atoms with Crippen molar-refractivity contribution in [2.75, 3.05) is 44.0 Å². The van der Waals surface area contributed by atoms with Crippen LogP contribution in [0.3, 0.4) is 0 Å². The average Bonchev–Trinajstić information content (AvgIpc) is 3.65. The average molecular weight is 752 g/mol. The maximum Gasteiger partial charge on any atom is 0.407 e. The van der Waals surface area contributed by atoms with Crippen LogP contribution in [0.2, 0.25) is 0 Å². The Morgan fingerprint density at radius 3 is 2.34 bits per heavy atom. The molecule has 0 spiro atoms. The first-order valence-corrected chi connectivity index (χ1v) is 19.4. The maximum absolute atomic E-state index is 13.0. The van der Waals surface area contributed by atoms with Crippen molar-refractivity contribution in [2.45, 2.75) is 37.8 Å². The fraction of sp³-hybridized carbons (Fsp3) is 0.282. The first-order valence-electron chi connectivity index (χ1n) is 17.2. The number of rotatable bonds is 12. The van der Waals surface area contributed by atoms with Gasteiger partial charge in [-0.2, -0.15) is 9.64 Å². The number of carbonyl (C=O) groups is 1.